The summed E-state index contributed by atoms with van der Waals surface area (Å²) in [6.07, 6.45) is 1.82. The first-order chi connectivity index (χ1) is 11.5. The van der Waals surface area contributed by atoms with Gasteiger partial charge >= 0.3 is 0 Å². The number of amides is 3. The van der Waals surface area contributed by atoms with Gasteiger partial charge in [0.1, 0.15) is 0 Å². The summed E-state index contributed by atoms with van der Waals surface area (Å²) in [5, 5.41) is 2.87. The Hall–Kier alpha value is -2.37. The molecular formula is C18H23N3O3. The van der Waals surface area contributed by atoms with Crippen molar-refractivity contribution in [1.82, 2.24) is 15.1 Å². The smallest absolute Gasteiger partial charge is 0.242 e. The summed E-state index contributed by atoms with van der Waals surface area (Å²) in [5.41, 5.74) is 1.13. The molecule has 6 nitrogen and oxygen atoms in total. The first kappa shape index (κ1) is 16.5. The van der Waals surface area contributed by atoms with E-state index in [2.05, 4.69) is 5.32 Å². The van der Waals surface area contributed by atoms with E-state index in [0.717, 1.165) is 5.56 Å². The molecule has 2 aliphatic rings. The molecule has 0 aromatic heterocycles. The van der Waals surface area contributed by atoms with Crippen molar-refractivity contribution in [1.29, 1.82) is 0 Å². The summed E-state index contributed by atoms with van der Waals surface area (Å²) in [6.45, 7) is 2.75. The van der Waals surface area contributed by atoms with Gasteiger partial charge < -0.3 is 15.1 Å². The molecule has 0 spiro atoms. The van der Waals surface area contributed by atoms with Gasteiger partial charge in [-0.05, 0) is 18.4 Å². The van der Waals surface area contributed by atoms with Crippen LogP contribution < -0.4 is 5.32 Å². The predicted molar refractivity (Wildman–Crippen MR) is 89.1 cm³/mol. The second-order valence-electron chi connectivity index (χ2n) is 6.59. The zero-order valence-electron chi connectivity index (χ0n) is 13.9. The number of fused-ring (bicyclic) bond motifs is 1. The average Bonchev–Trinajstić information content (AvgIpc) is 2.95. The fourth-order valence-electron chi connectivity index (χ4n) is 3.60. The van der Waals surface area contributed by atoms with Crippen molar-refractivity contribution < 1.29 is 14.4 Å². The van der Waals surface area contributed by atoms with E-state index in [1.165, 1.54) is 6.92 Å². The number of hydrogen-bond donors (Lipinski definition) is 1. The third kappa shape index (κ3) is 3.75. The van der Waals surface area contributed by atoms with E-state index in [0.29, 0.717) is 32.4 Å². The second kappa shape index (κ2) is 7.03. The molecule has 0 saturated carbocycles. The maximum absolute atomic E-state index is 12.5. The molecule has 2 atom stereocenters. The highest BCUT2D eigenvalue weighted by molar-refractivity contribution is 5.87. The largest absolute Gasteiger partial charge is 0.352 e. The summed E-state index contributed by atoms with van der Waals surface area (Å²) >= 11 is 0. The third-order valence-corrected chi connectivity index (χ3v) is 4.72. The molecule has 1 N–H and O–H groups in total. The zero-order chi connectivity index (χ0) is 17.1. The lowest BCUT2D eigenvalue weighted by molar-refractivity contribution is -0.146. The van der Waals surface area contributed by atoms with E-state index in [-0.39, 0.29) is 36.3 Å². The van der Waals surface area contributed by atoms with Gasteiger partial charge in [0.2, 0.25) is 17.7 Å². The molecule has 2 heterocycles. The fourth-order valence-corrected chi connectivity index (χ4v) is 3.60. The van der Waals surface area contributed by atoms with Crippen LogP contribution in [0.25, 0.3) is 0 Å². The van der Waals surface area contributed by atoms with Crippen LogP contribution in [0, 0.1) is 0 Å². The van der Waals surface area contributed by atoms with Gasteiger partial charge in [0.25, 0.3) is 0 Å². The molecule has 1 aromatic carbocycles. The van der Waals surface area contributed by atoms with Gasteiger partial charge in [-0.15, -0.1) is 0 Å². The Morgan fingerprint density at radius 2 is 1.96 bits per heavy atom. The SMILES string of the molecule is CC(=O)N[C@H]1C[C@H]2CN(C(=O)CCc3ccccc3)CC(=O)N2C1. The van der Waals surface area contributed by atoms with Gasteiger partial charge in [-0.3, -0.25) is 14.4 Å². The highest BCUT2D eigenvalue weighted by Gasteiger charge is 2.41. The Morgan fingerprint density at radius 3 is 2.67 bits per heavy atom. The Bertz CT molecular complexity index is 632. The summed E-state index contributed by atoms with van der Waals surface area (Å²) in [6, 6.07) is 9.90. The zero-order valence-corrected chi connectivity index (χ0v) is 13.9. The van der Waals surface area contributed by atoms with Gasteiger partial charge in [0, 0.05) is 32.5 Å². The van der Waals surface area contributed by atoms with Crippen LogP contribution in [0.2, 0.25) is 0 Å². The summed E-state index contributed by atoms with van der Waals surface area (Å²) in [5.74, 6) is -0.0786. The number of carbonyl (C=O) groups is 3. The molecule has 2 fully saturated rings. The summed E-state index contributed by atoms with van der Waals surface area (Å²) in [7, 11) is 0. The van der Waals surface area contributed by atoms with E-state index in [9.17, 15) is 14.4 Å². The third-order valence-electron chi connectivity index (χ3n) is 4.72. The molecule has 3 rings (SSSR count). The molecule has 24 heavy (non-hydrogen) atoms. The lowest BCUT2D eigenvalue weighted by atomic mass is 10.1. The van der Waals surface area contributed by atoms with Gasteiger partial charge in [0.05, 0.1) is 12.6 Å². The average molecular weight is 329 g/mol. The van der Waals surface area contributed by atoms with Gasteiger partial charge in [-0.1, -0.05) is 30.3 Å². The molecule has 2 saturated heterocycles. The number of nitrogens with zero attached hydrogens (tertiary/aromatic N) is 2. The van der Waals surface area contributed by atoms with Crippen molar-refractivity contribution in [2.45, 2.75) is 38.3 Å². The number of hydrogen-bond acceptors (Lipinski definition) is 3. The molecule has 128 valence electrons. The van der Waals surface area contributed by atoms with Crippen LogP contribution in [0.15, 0.2) is 30.3 Å². The van der Waals surface area contributed by atoms with Crippen LogP contribution in [-0.2, 0) is 20.8 Å². The molecule has 0 bridgehead atoms. The van der Waals surface area contributed by atoms with Crippen LogP contribution in [0.5, 0.6) is 0 Å². The van der Waals surface area contributed by atoms with Crippen LogP contribution in [0.4, 0.5) is 0 Å². The molecule has 3 amide bonds. The predicted octanol–water partition coefficient (Wildman–Crippen LogP) is 0.567. The van der Waals surface area contributed by atoms with Crippen molar-refractivity contribution in [3.05, 3.63) is 35.9 Å². The number of carbonyl (C=O) groups excluding carboxylic acids is 3. The van der Waals surface area contributed by atoms with E-state index >= 15 is 0 Å². The number of rotatable bonds is 4. The second-order valence-corrected chi connectivity index (χ2v) is 6.59. The quantitative estimate of drug-likeness (QED) is 0.878. The lowest BCUT2D eigenvalue weighted by Crippen LogP contribution is -2.55. The van der Waals surface area contributed by atoms with Crippen molar-refractivity contribution in [2.75, 3.05) is 19.6 Å². The summed E-state index contributed by atoms with van der Waals surface area (Å²) in [4.78, 5) is 39.4. The minimum absolute atomic E-state index is 0.00387. The highest BCUT2D eigenvalue weighted by atomic mass is 16.2. The molecule has 0 unspecified atom stereocenters. The maximum Gasteiger partial charge on any atom is 0.242 e. The van der Waals surface area contributed by atoms with Crippen molar-refractivity contribution >= 4 is 17.7 Å². The number of aryl methyl sites for hydroxylation is 1. The lowest BCUT2D eigenvalue weighted by Gasteiger charge is -2.37. The van der Waals surface area contributed by atoms with E-state index in [1.807, 2.05) is 35.2 Å². The van der Waals surface area contributed by atoms with Gasteiger partial charge in [-0.2, -0.15) is 0 Å². The number of benzene rings is 1. The normalized spacial score (nSPS) is 23.1. The molecule has 0 aliphatic carbocycles. The Kier molecular flexibility index (Phi) is 4.83. The van der Waals surface area contributed by atoms with Crippen molar-refractivity contribution in [3.63, 3.8) is 0 Å². The molecule has 2 aliphatic heterocycles. The Balaban J connectivity index is 1.55. The van der Waals surface area contributed by atoms with Crippen LogP contribution >= 0.6 is 0 Å². The van der Waals surface area contributed by atoms with E-state index < -0.39 is 0 Å². The highest BCUT2D eigenvalue weighted by Crippen LogP contribution is 2.23. The van der Waals surface area contributed by atoms with E-state index in [1.54, 1.807) is 4.90 Å². The molecule has 6 heteroatoms. The standard InChI is InChI=1S/C18H23N3O3/c1-13(22)19-15-9-16-11-20(12-18(24)21(16)10-15)17(23)8-7-14-5-3-2-4-6-14/h2-6,15-16H,7-12H2,1H3,(H,19,22)/t15-,16-/m0/s1. The van der Waals surface area contributed by atoms with Crippen molar-refractivity contribution in [3.8, 4) is 0 Å². The minimum atomic E-state index is -0.0805. The van der Waals surface area contributed by atoms with Crippen LogP contribution in [0.1, 0.15) is 25.3 Å². The van der Waals surface area contributed by atoms with Gasteiger partial charge in [-0.25, -0.2) is 0 Å². The molecule has 0 radical (unpaired) electrons. The van der Waals surface area contributed by atoms with Gasteiger partial charge in [0.15, 0.2) is 0 Å². The summed E-state index contributed by atoms with van der Waals surface area (Å²) < 4.78 is 0. The first-order valence-electron chi connectivity index (χ1n) is 8.41. The Morgan fingerprint density at radius 1 is 1.21 bits per heavy atom. The Labute approximate surface area is 141 Å². The number of nitrogens with one attached hydrogen (secondary N) is 1. The molecular weight excluding hydrogens is 306 g/mol. The van der Waals surface area contributed by atoms with Crippen LogP contribution in [0.3, 0.4) is 0 Å². The van der Waals surface area contributed by atoms with E-state index in [4.69, 9.17) is 0 Å². The number of piperazine rings is 1. The van der Waals surface area contributed by atoms with Crippen molar-refractivity contribution in [2.24, 2.45) is 0 Å². The molecule has 1 aromatic rings. The monoisotopic (exact) mass is 329 g/mol. The first-order valence-corrected chi connectivity index (χ1v) is 8.41. The minimum Gasteiger partial charge on any atom is -0.352 e. The topological polar surface area (TPSA) is 69.7 Å². The van der Waals surface area contributed by atoms with Crippen LogP contribution in [-0.4, -0.2) is 59.2 Å². The maximum atomic E-state index is 12.5. The fraction of sp³-hybridized carbons (Fsp3) is 0.500.